The highest BCUT2D eigenvalue weighted by Gasteiger charge is 2.29. The predicted molar refractivity (Wildman–Crippen MR) is 114 cm³/mol. The van der Waals surface area contributed by atoms with Gasteiger partial charge in [0.2, 0.25) is 11.8 Å². The standard InChI is InChI=1S/C23H29N3O3/c1-17(22(27)25-20-10-6-7-11-21(20)29-2)26-14-12-19(13-15-26)23(28)24-16-18-8-4-3-5-9-18/h3-11,17,19H,12-16H2,1-2H3,(H,24,28)(H,25,27)/t17-/m1/s1. The fraction of sp³-hybridized carbons (Fsp3) is 0.391. The number of ether oxygens (including phenoxy) is 1. The second-order valence-electron chi connectivity index (χ2n) is 7.38. The van der Waals surface area contributed by atoms with Crippen LogP contribution >= 0.6 is 0 Å². The fourth-order valence-electron chi connectivity index (χ4n) is 3.63. The number of nitrogens with one attached hydrogen (secondary N) is 2. The summed E-state index contributed by atoms with van der Waals surface area (Å²) in [6.07, 6.45) is 1.51. The number of piperidine rings is 1. The van der Waals surface area contributed by atoms with Crippen LogP contribution in [-0.4, -0.2) is 43.0 Å². The van der Waals surface area contributed by atoms with Gasteiger partial charge >= 0.3 is 0 Å². The third-order valence-corrected chi connectivity index (χ3v) is 5.50. The molecule has 0 aromatic heterocycles. The number of hydrogen-bond donors (Lipinski definition) is 2. The molecule has 2 N–H and O–H groups in total. The zero-order chi connectivity index (χ0) is 20.6. The Morgan fingerprint density at radius 1 is 1.07 bits per heavy atom. The number of rotatable bonds is 7. The van der Waals surface area contributed by atoms with E-state index in [-0.39, 0.29) is 23.8 Å². The first-order chi connectivity index (χ1) is 14.1. The van der Waals surface area contributed by atoms with Gasteiger partial charge in [-0.15, -0.1) is 0 Å². The number of benzene rings is 2. The Morgan fingerprint density at radius 2 is 1.72 bits per heavy atom. The molecule has 0 radical (unpaired) electrons. The second kappa shape index (κ2) is 10.1. The Labute approximate surface area is 172 Å². The molecule has 0 aliphatic carbocycles. The van der Waals surface area contributed by atoms with E-state index in [0.29, 0.717) is 18.0 Å². The third-order valence-electron chi connectivity index (χ3n) is 5.50. The quantitative estimate of drug-likeness (QED) is 0.756. The molecular formula is C23H29N3O3. The van der Waals surface area contributed by atoms with Crippen molar-refractivity contribution in [2.45, 2.75) is 32.4 Å². The van der Waals surface area contributed by atoms with Gasteiger partial charge in [0.05, 0.1) is 18.8 Å². The van der Waals surface area contributed by atoms with E-state index in [4.69, 9.17) is 4.74 Å². The van der Waals surface area contributed by atoms with Gasteiger partial charge < -0.3 is 15.4 Å². The summed E-state index contributed by atoms with van der Waals surface area (Å²) in [5, 5.41) is 5.98. The van der Waals surface area contributed by atoms with Crippen molar-refractivity contribution in [1.29, 1.82) is 0 Å². The number of nitrogens with zero attached hydrogens (tertiary/aromatic N) is 1. The molecule has 2 aromatic rings. The number of anilines is 1. The van der Waals surface area contributed by atoms with Crippen molar-refractivity contribution in [1.82, 2.24) is 10.2 Å². The lowest BCUT2D eigenvalue weighted by Crippen LogP contribution is -2.48. The maximum Gasteiger partial charge on any atom is 0.241 e. The minimum Gasteiger partial charge on any atom is -0.495 e. The van der Waals surface area contributed by atoms with Crippen LogP contribution < -0.4 is 15.4 Å². The Morgan fingerprint density at radius 3 is 2.41 bits per heavy atom. The Bertz CT molecular complexity index is 817. The molecule has 154 valence electrons. The van der Waals surface area contributed by atoms with Gasteiger partial charge in [-0.25, -0.2) is 0 Å². The molecule has 1 aliphatic rings. The molecule has 2 amide bonds. The second-order valence-corrected chi connectivity index (χ2v) is 7.38. The number of amides is 2. The zero-order valence-corrected chi connectivity index (χ0v) is 17.1. The van der Waals surface area contributed by atoms with Crippen LogP contribution in [0.25, 0.3) is 0 Å². The summed E-state index contributed by atoms with van der Waals surface area (Å²) >= 11 is 0. The molecule has 1 saturated heterocycles. The predicted octanol–water partition coefficient (Wildman–Crippen LogP) is 3.05. The van der Waals surface area contributed by atoms with Crippen LogP contribution in [0.15, 0.2) is 54.6 Å². The Balaban J connectivity index is 1.46. The van der Waals surface area contributed by atoms with E-state index in [9.17, 15) is 9.59 Å². The summed E-state index contributed by atoms with van der Waals surface area (Å²) in [7, 11) is 1.59. The minimum absolute atomic E-state index is 0.000518. The summed E-state index contributed by atoms with van der Waals surface area (Å²) in [5.41, 5.74) is 1.77. The first kappa shape index (κ1) is 20.9. The highest BCUT2D eigenvalue weighted by Crippen LogP contribution is 2.24. The van der Waals surface area contributed by atoms with Crippen LogP contribution in [0.3, 0.4) is 0 Å². The van der Waals surface area contributed by atoms with Crippen molar-refractivity contribution in [3.8, 4) is 5.75 Å². The van der Waals surface area contributed by atoms with Gasteiger partial charge in [0.25, 0.3) is 0 Å². The van der Waals surface area contributed by atoms with Crippen LogP contribution in [0, 0.1) is 5.92 Å². The van der Waals surface area contributed by atoms with Crippen molar-refractivity contribution in [3.05, 3.63) is 60.2 Å². The molecule has 6 nitrogen and oxygen atoms in total. The van der Waals surface area contributed by atoms with Gasteiger partial charge in [0, 0.05) is 12.5 Å². The molecule has 2 aromatic carbocycles. The van der Waals surface area contributed by atoms with E-state index in [1.807, 2.05) is 61.5 Å². The van der Waals surface area contributed by atoms with Crippen molar-refractivity contribution >= 4 is 17.5 Å². The topological polar surface area (TPSA) is 70.7 Å². The third kappa shape index (κ3) is 5.57. The Kier molecular flexibility index (Phi) is 7.25. The first-order valence-electron chi connectivity index (χ1n) is 10.1. The lowest BCUT2D eigenvalue weighted by molar-refractivity contribution is -0.127. The van der Waals surface area contributed by atoms with Gasteiger partial charge in [0.15, 0.2) is 0 Å². The SMILES string of the molecule is COc1ccccc1NC(=O)[C@@H](C)N1CCC(C(=O)NCc2ccccc2)CC1. The summed E-state index contributed by atoms with van der Waals surface area (Å²) < 4.78 is 5.29. The molecule has 0 bridgehead atoms. The molecule has 29 heavy (non-hydrogen) atoms. The van der Waals surface area contributed by atoms with Gasteiger partial charge in [-0.1, -0.05) is 42.5 Å². The summed E-state index contributed by atoms with van der Waals surface area (Å²) in [5.74, 6) is 0.669. The maximum atomic E-state index is 12.7. The Hall–Kier alpha value is -2.86. The molecule has 1 atom stereocenters. The van der Waals surface area contributed by atoms with E-state index in [0.717, 1.165) is 31.5 Å². The molecule has 0 saturated carbocycles. The smallest absolute Gasteiger partial charge is 0.241 e. The van der Waals surface area contributed by atoms with Crippen LogP contribution in [-0.2, 0) is 16.1 Å². The number of hydrogen-bond acceptors (Lipinski definition) is 4. The average molecular weight is 396 g/mol. The van der Waals surface area contributed by atoms with Crippen LogP contribution in [0.5, 0.6) is 5.75 Å². The van der Waals surface area contributed by atoms with Crippen molar-refractivity contribution < 1.29 is 14.3 Å². The van der Waals surface area contributed by atoms with Crippen molar-refractivity contribution in [2.75, 3.05) is 25.5 Å². The first-order valence-corrected chi connectivity index (χ1v) is 10.1. The van der Waals surface area contributed by atoms with E-state index >= 15 is 0 Å². The normalized spacial score (nSPS) is 16.1. The number of methoxy groups -OCH3 is 1. The molecule has 3 rings (SSSR count). The highest BCUT2D eigenvalue weighted by atomic mass is 16.5. The van der Waals surface area contributed by atoms with Crippen molar-refractivity contribution in [3.63, 3.8) is 0 Å². The number of likely N-dealkylation sites (tertiary alicyclic amines) is 1. The van der Waals surface area contributed by atoms with Crippen LogP contribution in [0.4, 0.5) is 5.69 Å². The van der Waals surface area contributed by atoms with E-state index in [1.165, 1.54) is 0 Å². The van der Waals surface area contributed by atoms with Crippen LogP contribution in [0.2, 0.25) is 0 Å². The largest absolute Gasteiger partial charge is 0.495 e. The number of para-hydroxylation sites is 2. The van der Waals surface area contributed by atoms with E-state index < -0.39 is 0 Å². The van der Waals surface area contributed by atoms with E-state index in [2.05, 4.69) is 15.5 Å². The molecule has 6 heteroatoms. The number of carbonyl (C=O) groups excluding carboxylic acids is 2. The van der Waals surface area contributed by atoms with E-state index in [1.54, 1.807) is 7.11 Å². The molecule has 1 heterocycles. The van der Waals surface area contributed by atoms with Gasteiger partial charge in [-0.05, 0) is 50.6 Å². The average Bonchev–Trinajstić information content (AvgIpc) is 2.78. The number of carbonyl (C=O) groups is 2. The molecule has 0 unspecified atom stereocenters. The fourth-order valence-corrected chi connectivity index (χ4v) is 3.63. The van der Waals surface area contributed by atoms with Crippen molar-refractivity contribution in [2.24, 2.45) is 5.92 Å². The van der Waals surface area contributed by atoms with Gasteiger partial charge in [0.1, 0.15) is 5.75 Å². The summed E-state index contributed by atoms with van der Waals surface area (Å²) in [6.45, 7) is 3.91. The maximum absolute atomic E-state index is 12.7. The monoisotopic (exact) mass is 395 g/mol. The molecule has 1 fully saturated rings. The van der Waals surface area contributed by atoms with Gasteiger partial charge in [-0.2, -0.15) is 0 Å². The molecule has 0 spiro atoms. The van der Waals surface area contributed by atoms with Crippen LogP contribution in [0.1, 0.15) is 25.3 Å². The highest BCUT2D eigenvalue weighted by molar-refractivity contribution is 5.95. The summed E-state index contributed by atoms with van der Waals surface area (Å²) in [4.78, 5) is 27.3. The molecular weight excluding hydrogens is 366 g/mol. The zero-order valence-electron chi connectivity index (χ0n) is 17.1. The minimum atomic E-state index is -0.270. The van der Waals surface area contributed by atoms with Gasteiger partial charge in [-0.3, -0.25) is 14.5 Å². The lowest BCUT2D eigenvalue weighted by atomic mass is 9.94. The lowest BCUT2D eigenvalue weighted by Gasteiger charge is -2.34. The summed E-state index contributed by atoms with van der Waals surface area (Å²) in [6, 6.07) is 17.0. The molecule has 1 aliphatic heterocycles.